The fourth-order valence-corrected chi connectivity index (χ4v) is 3.80. The van der Waals surface area contributed by atoms with Crippen molar-refractivity contribution in [2.75, 3.05) is 13.1 Å². The van der Waals surface area contributed by atoms with Crippen molar-refractivity contribution in [1.29, 1.82) is 0 Å². The molecule has 0 saturated carbocycles. The molecule has 1 aliphatic rings. The lowest BCUT2D eigenvalue weighted by atomic mass is 9.93. The molecule has 3 aromatic carbocycles. The minimum atomic E-state index is -0.238. The average molecular weight is 412 g/mol. The molecule has 0 spiro atoms. The molecule has 0 radical (unpaired) electrons. The highest BCUT2D eigenvalue weighted by atomic mass is 19.1. The van der Waals surface area contributed by atoms with Crippen LogP contribution in [0.25, 0.3) is 12.2 Å². The summed E-state index contributed by atoms with van der Waals surface area (Å²) < 4.78 is 13.3. The van der Waals surface area contributed by atoms with Gasteiger partial charge in [-0.05, 0) is 54.8 Å². The molecule has 3 heteroatoms. The summed E-state index contributed by atoms with van der Waals surface area (Å²) in [5.74, 6) is -0.144. The van der Waals surface area contributed by atoms with Crippen LogP contribution in [-0.4, -0.2) is 23.8 Å². The fraction of sp³-hybridized carbons (Fsp3) is 0.179. The van der Waals surface area contributed by atoms with Gasteiger partial charge in [0.05, 0.1) is 0 Å². The molecule has 3 aromatic rings. The molecule has 0 unspecified atom stereocenters. The van der Waals surface area contributed by atoms with Crippen LogP contribution in [-0.2, 0) is 11.3 Å². The Kier molecular flexibility index (Phi) is 6.24. The van der Waals surface area contributed by atoms with Gasteiger partial charge in [0.2, 0.25) is 0 Å². The van der Waals surface area contributed by atoms with Crippen molar-refractivity contribution in [3.63, 3.8) is 0 Å². The predicted octanol–water partition coefficient (Wildman–Crippen LogP) is 5.99. The standard InChI is InChI=1S/C28H26FNO/c1-20-3-7-22(8-4-20)15-25-18-30(17-24-11-13-27(29)14-12-24)19-26(28(25)31)16-23-9-5-21(2)6-10-23/h3-16H,17-19H2,1-2H3/b25-15+,26-16+. The van der Waals surface area contributed by atoms with Gasteiger partial charge in [0, 0.05) is 30.8 Å². The molecule has 1 fully saturated rings. The van der Waals surface area contributed by atoms with Crippen molar-refractivity contribution in [3.8, 4) is 0 Å². The van der Waals surface area contributed by atoms with E-state index < -0.39 is 0 Å². The zero-order chi connectivity index (χ0) is 21.8. The van der Waals surface area contributed by atoms with Crippen LogP contribution < -0.4 is 0 Å². The molecule has 0 bridgehead atoms. The van der Waals surface area contributed by atoms with E-state index in [0.29, 0.717) is 19.6 Å². The highest BCUT2D eigenvalue weighted by Gasteiger charge is 2.26. The van der Waals surface area contributed by atoms with E-state index in [0.717, 1.165) is 27.8 Å². The van der Waals surface area contributed by atoms with Crippen LogP contribution in [0.1, 0.15) is 27.8 Å². The summed E-state index contributed by atoms with van der Waals surface area (Å²) in [6.07, 6.45) is 3.98. The third-order valence-corrected chi connectivity index (χ3v) is 5.53. The summed E-state index contributed by atoms with van der Waals surface area (Å²) in [6, 6.07) is 23.0. The number of nitrogens with zero attached hydrogens (tertiary/aromatic N) is 1. The molecule has 0 atom stereocenters. The SMILES string of the molecule is Cc1ccc(/C=C2\CN(Cc3ccc(F)cc3)C/C(=C\c3ccc(C)cc3)C2=O)cc1. The molecule has 1 aliphatic heterocycles. The number of benzene rings is 3. The second-order valence-corrected chi connectivity index (χ2v) is 8.26. The number of ketones is 1. The van der Waals surface area contributed by atoms with Gasteiger partial charge >= 0.3 is 0 Å². The number of piperidine rings is 1. The normalized spacial score (nSPS) is 17.5. The Morgan fingerprint density at radius 1 is 0.742 bits per heavy atom. The summed E-state index contributed by atoms with van der Waals surface area (Å²) in [4.78, 5) is 15.5. The fourth-order valence-electron chi connectivity index (χ4n) is 3.80. The van der Waals surface area contributed by atoms with Crippen LogP contribution in [0.2, 0.25) is 0 Å². The molecule has 2 nitrogen and oxygen atoms in total. The van der Waals surface area contributed by atoms with Gasteiger partial charge in [-0.1, -0.05) is 71.8 Å². The van der Waals surface area contributed by atoms with Gasteiger partial charge in [0.15, 0.2) is 5.78 Å². The van der Waals surface area contributed by atoms with Crippen molar-refractivity contribution in [2.24, 2.45) is 0 Å². The van der Waals surface area contributed by atoms with Gasteiger partial charge in [-0.3, -0.25) is 9.69 Å². The first-order chi connectivity index (χ1) is 15.0. The zero-order valence-electron chi connectivity index (χ0n) is 17.9. The van der Waals surface area contributed by atoms with Crippen LogP contribution in [0.15, 0.2) is 83.9 Å². The summed E-state index contributed by atoms with van der Waals surface area (Å²) in [7, 11) is 0. The van der Waals surface area contributed by atoms with E-state index in [-0.39, 0.29) is 11.6 Å². The Bertz CT molecular complexity index is 1060. The van der Waals surface area contributed by atoms with Crippen LogP contribution in [0, 0.1) is 19.7 Å². The number of likely N-dealkylation sites (tertiary alicyclic amines) is 1. The van der Waals surface area contributed by atoms with Gasteiger partial charge in [0.25, 0.3) is 0 Å². The van der Waals surface area contributed by atoms with Crippen molar-refractivity contribution < 1.29 is 9.18 Å². The smallest absolute Gasteiger partial charge is 0.187 e. The van der Waals surface area contributed by atoms with Crippen LogP contribution in [0.4, 0.5) is 4.39 Å². The van der Waals surface area contributed by atoms with Crippen molar-refractivity contribution in [3.05, 3.63) is 118 Å². The maximum absolute atomic E-state index is 13.3. The molecule has 1 saturated heterocycles. The monoisotopic (exact) mass is 411 g/mol. The first-order valence-corrected chi connectivity index (χ1v) is 10.5. The summed E-state index contributed by atoms with van der Waals surface area (Å²) in [6.45, 7) is 5.89. The van der Waals surface area contributed by atoms with E-state index in [9.17, 15) is 9.18 Å². The first-order valence-electron chi connectivity index (χ1n) is 10.5. The topological polar surface area (TPSA) is 20.3 Å². The van der Waals surface area contributed by atoms with Gasteiger partial charge in [-0.2, -0.15) is 0 Å². The van der Waals surface area contributed by atoms with Gasteiger partial charge in [-0.15, -0.1) is 0 Å². The molecule has 0 amide bonds. The highest BCUT2D eigenvalue weighted by Crippen LogP contribution is 2.24. The van der Waals surface area contributed by atoms with Crippen molar-refractivity contribution >= 4 is 17.9 Å². The van der Waals surface area contributed by atoms with E-state index in [4.69, 9.17) is 0 Å². The molecule has 0 aromatic heterocycles. The van der Waals surface area contributed by atoms with Gasteiger partial charge in [0.1, 0.15) is 5.82 Å². The van der Waals surface area contributed by atoms with Gasteiger partial charge in [-0.25, -0.2) is 4.39 Å². The van der Waals surface area contributed by atoms with Crippen LogP contribution >= 0.6 is 0 Å². The third kappa shape index (κ3) is 5.44. The van der Waals surface area contributed by atoms with Crippen molar-refractivity contribution in [1.82, 2.24) is 4.90 Å². The van der Waals surface area contributed by atoms with E-state index in [1.807, 2.05) is 36.4 Å². The number of hydrogen-bond donors (Lipinski definition) is 0. The molecular weight excluding hydrogens is 385 g/mol. The lowest BCUT2D eigenvalue weighted by Gasteiger charge is -2.30. The quantitative estimate of drug-likeness (QED) is 0.491. The minimum Gasteiger partial charge on any atom is -0.290 e. The molecule has 1 heterocycles. The number of halogens is 1. The number of aryl methyl sites for hydroxylation is 2. The summed E-state index contributed by atoms with van der Waals surface area (Å²) in [5, 5.41) is 0. The van der Waals surface area contributed by atoms with Crippen molar-refractivity contribution in [2.45, 2.75) is 20.4 Å². The van der Waals surface area contributed by atoms with E-state index in [2.05, 4.69) is 43.0 Å². The molecule has 156 valence electrons. The molecule has 0 aliphatic carbocycles. The summed E-state index contributed by atoms with van der Waals surface area (Å²) in [5.41, 5.74) is 7.00. The molecule has 0 N–H and O–H groups in total. The number of Topliss-reactive ketones (excluding diaryl/α,β-unsaturated/α-hetero) is 1. The van der Waals surface area contributed by atoms with Crippen LogP contribution in [0.5, 0.6) is 0 Å². The van der Waals surface area contributed by atoms with E-state index in [1.54, 1.807) is 12.1 Å². The third-order valence-electron chi connectivity index (χ3n) is 5.53. The van der Waals surface area contributed by atoms with Gasteiger partial charge < -0.3 is 0 Å². The molecule has 31 heavy (non-hydrogen) atoms. The Balaban J connectivity index is 1.66. The Hall–Kier alpha value is -3.30. The number of carbonyl (C=O) groups excluding carboxylic acids is 1. The number of hydrogen-bond acceptors (Lipinski definition) is 2. The Morgan fingerprint density at radius 2 is 1.19 bits per heavy atom. The maximum Gasteiger partial charge on any atom is 0.187 e. The second-order valence-electron chi connectivity index (χ2n) is 8.26. The first kappa shape index (κ1) is 21.0. The zero-order valence-corrected chi connectivity index (χ0v) is 17.9. The Labute approximate surface area is 183 Å². The Morgan fingerprint density at radius 3 is 1.65 bits per heavy atom. The maximum atomic E-state index is 13.3. The highest BCUT2D eigenvalue weighted by molar-refractivity contribution is 6.14. The van der Waals surface area contributed by atoms with E-state index in [1.165, 1.54) is 23.3 Å². The lowest BCUT2D eigenvalue weighted by molar-refractivity contribution is -0.113. The average Bonchev–Trinajstić information content (AvgIpc) is 2.76. The minimum absolute atomic E-state index is 0.0940. The second kappa shape index (κ2) is 9.23. The number of rotatable bonds is 4. The molecular formula is C28H26FNO. The van der Waals surface area contributed by atoms with Crippen LogP contribution in [0.3, 0.4) is 0 Å². The van der Waals surface area contributed by atoms with E-state index >= 15 is 0 Å². The largest absolute Gasteiger partial charge is 0.290 e. The summed E-state index contributed by atoms with van der Waals surface area (Å²) >= 11 is 0. The molecule has 4 rings (SSSR count). The predicted molar refractivity (Wildman–Crippen MR) is 125 cm³/mol. The lowest BCUT2D eigenvalue weighted by Crippen LogP contribution is -2.37. The number of carbonyl (C=O) groups is 1.